The van der Waals surface area contributed by atoms with E-state index in [0.29, 0.717) is 18.7 Å². The molecular formula is C22H25NO3S. The summed E-state index contributed by atoms with van der Waals surface area (Å²) in [5.41, 5.74) is 3.81. The molecule has 0 aromatic heterocycles. The fourth-order valence-corrected chi connectivity index (χ4v) is 3.18. The maximum atomic E-state index is 9.52. The van der Waals surface area contributed by atoms with Gasteiger partial charge in [0.2, 0.25) is 6.41 Å². The molecule has 0 aliphatic heterocycles. The molecule has 0 aliphatic rings. The molecule has 142 valence electrons. The molecule has 0 radical (unpaired) electrons. The van der Waals surface area contributed by atoms with E-state index in [1.54, 1.807) is 12.1 Å². The third-order valence-corrected chi connectivity index (χ3v) is 4.87. The predicted molar refractivity (Wildman–Crippen MR) is 114 cm³/mol. The van der Waals surface area contributed by atoms with Gasteiger partial charge in [-0.15, -0.1) is 0 Å². The molecule has 0 saturated carbocycles. The van der Waals surface area contributed by atoms with Crippen LogP contribution in [-0.4, -0.2) is 35.5 Å². The number of phenolic OH excluding ortho intramolecular Hbond substituents is 1. The molecule has 0 bridgehead atoms. The second kappa shape index (κ2) is 11.3. The Bertz CT molecular complexity index is 850. The van der Waals surface area contributed by atoms with Gasteiger partial charge in [-0.05, 0) is 51.4 Å². The van der Waals surface area contributed by atoms with Gasteiger partial charge in [0.25, 0.3) is 0 Å². The number of carbonyl (C=O) groups is 1. The fourth-order valence-electron chi connectivity index (χ4n) is 2.55. The second-order valence-electron chi connectivity index (χ2n) is 5.88. The average Bonchev–Trinajstić information content (AvgIpc) is 2.71. The number of aliphatic hydroxyl groups excluding tert-OH is 1. The van der Waals surface area contributed by atoms with Crippen LogP contribution in [0, 0.1) is 0 Å². The molecule has 0 aliphatic carbocycles. The van der Waals surface area contributed by atoms with E-state index in [0.717, 1.165) is 22.3 Å². The Morgan fingerprint density at radius 1 is 0.963 bits per heavy atom. The van der Waals surface area contributed by atoms with E-state index in [9.17, 15) is 9.90 Å². The Morgan fingerprint density at radius 2 is 1.63 bits per heavy atom. The van der Waals surface area contributed by atoms with E-state index < -0.39 is 0 Å². The third kappa shape index (κ3) is 6.62. The van der Waals surface area contributed by atoms with Crippen molar-refractivity contribution in [2.24, 2.45) is 0 Å². The maximum absolute atomic E-state index is 9.52. The zero-order chi connectivity index (χ0) is 19.5. The van der Waals surface area contributed by atoms with Crippen LogP contribution < -0.4 is 5.32 Å². The highest BCUT2D eigenvalue weighted by molar-refractivity contribution is 7.98. The van der Waals surface area contributed by atoms with Gasteiger partial charge in [-0.1, -0.05) is 49.4 Å². The summed E-state index contributed by atoms with van der Waals surface area (Å²) >= 11 is 1.94. The minimum atomic E-state index is 0.0126. The average molecular weight is 384 g/mol. The minimum absolute atomic E-state index is 0.0126. The maximum Gasteiger partial charge on any atom is 0.207 e. The van der Waals surface area contributed by atoms with Crippen molar-refractivity contribution in [3.8, 4) is 16.9 Å². The normalized spacial score (nSPS) is 10.1. The van der Waals surface area contributed by atoms with Gasteiger partial charge in [0.05, 0.1) is 6.61 Å². The van der Waals surface area contributed by atoms with Crippen molar-refractivity contribution in [1.29, 1.82) is 0 Å². The topological polar surface area (TPSA) is 69.6 Å². The number of thioether (sulfide) groups is 1. The van der Waals surface area contributed by atoms with E-state index >= 15 is 0 Å². The van der Waals surface area contributed by atoms with E-state index in [2.05, 4.69) is 54.7 Å². The summed E-state index contributed by atoms with van der Waals surface area (Å²) in [5.74, 6) is 2.54. The van der Waals surface area contributed by atoms with Gasteiger partial charge in [0.1, 0.15) is 5.75 Å². The van der Waals surface area contributed by atoms with E-state index in [-0.39, 0.29) is 6.61 Å². The molecule has 0 fully saturated rings. The summed E-state index contributed by atoms with van der Waals surface area (Å²) < 4.78 is 0. The van der Waals surface area contributed by atoms with Gasteiger partial charge in [0, 0.05) is 12.3 Å². The van der Waals surface area contributed by atoms with Crippen LogP contribution in [0.15, 0.2) is 60.7 Å². The number of hydrogen-bond acceptors (Lipinski definition) is 4. The summed E-state index contributed by atoms with van der Waals surface area (Å²) in [5, 5.41) is 22.0. The first-order valence-electron chi connectivity index (χ1n) is 8.85. The van der Waals surface area contributed by atoms with Crippen LogP contribution in [0.2, 0.25) is 0 Å². The molecule has 0 spiro atoms. The molecule has 3 rings (SSSR count). The van der Waals surface area contributed by atoms with Gasteiger partial charge < -0.3 is 15.5 Å². The molecule has 3 aromatic rings. The lowest BCUT2D eigenvalue weighted by Crippen LogP contribution is -2.14. The largest absolute Gasteiger partial charge is 0.508 e. The lowest BCUT2D eigenvalue weighted by Gasteiger charge is -2.06. The zero-order valence-corrected chi connectivity index (χ0v) is 16.2. The number of phenols is 1. The van der Waals surface area contributed by atoms with Crippen LogP contribution in [0.5, 0.6) is 5.75 Å². The molecule has 1 amide bonds. The molecule has 0 unspecified atom stereocenters. The summed E-state index contributed by atoms with van der Waals surface area (Å²) in [4.78, 5) is 9.34. The predicted octanol–water partition coefficient (Wildman–Crippen LogP) is 4.19. The van der Waals surface area contributed by atoms with Crippen molar-refractivity contribution in [3.05, 3.63) is 66.2 Å². The lowest BCUT2D eigenvalue weighted by atomic mass is 10.0. The van der Waals surface area contributed by atoms with Gasteiger partial charge in [-0.3, -0.25) is 4.79 Å². The monoisotopic (exact) mass is 383 g/mol. The van der Waals surface area contributed by atoms with Crippen molar-refractivity contribution >= 4 is 28.9 Å². The number of aromatic hydroxyl groups is 1. The molecular weight excluding hydrogens is 358 g/mol. The quantitative estimate of drug-likeness (QED) is 0.423. The zero-order valence-electron chi connectivity index (χ0n) is 15.4. The summed E-state index contributed by atoms with van der Waals surface area (Å²) in [6, 6.07) is 20.6. The number of rotatable bonds is 7. The Labute approximate surface area is 164 Å². The highest BCUT2D eigenvalue weighted by atomic mass is 32.2. The van der Waals surface area contributed by atoms with Crippen LogP contribution in [0.1, 0.15) is 12.5 Å². The number of hydrogen-bond donors (Lipinski definition) is 3. The Balaban J connectivity index is 0.000000380. The smallest absolute Gasteiger partial charge is 0.207 e. The highest BCUT2D eigenvalue weighted by Crippen LogP contribution is 2.27. The summed E-state index contributed by atoms with van der Waals surface area (Å²) in [6.45, 7) is 2.55. The SMILES string of the molecule is CCSCc1ccc(-c2ccc3cc(O)ccc3c2)cc1.O=CNCCO. The number of fused-ring (bicyclic) bond motifs is 1. The number of carbonyl (C=O) groups excluding carboxylic acids is 1. The molecule has 0 saturated heterocycles. The van der Waals surface area contributed by atoms with Crippen molar-refractivity contribution in [3.63, 3.8) is 0 Å². The van der Waals surface area contributed by atoms with Crippen molar-refractivity contribution < 1.29 is 15.0 Å². The highest BCUT2D eigenvalue weighted by Gasteiger charge is 2.01. The molecule has 0 heterocycles. The van der Waals surface area contributed by atoms with Crippen LogP contribution in [-0.2, 0) is 10.5 Å². The van der Waals surface area contributed by atoms with Gasteiger partial charge in [-0.25, -0.2) is 0 Å². The first-order chi connectivity index (χ1) is 13.2. The summed E-state index contributed by atoms with van der Waals surface area (Å²) in [6.07, 6.45) is 0.552. The number of nitrogens with one attached hydrogen (secondary N) is 1. The van der Waals surface area contributed by atoms with E-state index in [1.165, 1.54) is 16.7 Å². The fraction of sp³-hybridized carbons (Fsp3) is 0.227. The second-order valence-corrected chi connectivity index (χ2v) is 7.15. The van der Waals surface area contributed by atoms with Crippen LogP contribution in [0.3, 0.4) is 0 Å². The van der Waals surface area contributed by atoms with Gasteiger partial charge in [-0.2, -0.15) is 11.8 Å². The lowest BCUT2D eigenvalue weighted by molar-refractivity contribution is -0.109. The van der Waals surface area contributed by atoms with E-state index in [4.69, 9.17) is 5.11 Å². The van der Waals surface area contributed by atoms with Crippen molar-refractivity contribution in [1.82, 2.24) is 5.32 Å². The van der Waals surface area contributed by atoms with E-state index in [1.807, 2.05) is 17.8 Å². The molecule has 3 N–H and O–H groups in total. The number of benzene rings is 3. The Morgan fingerprint density at radius 3 is 2.26 bits per heavy atom. The minimum Gasteiger partial charge on any atom is -0.508 e. The Kier molecular flexibility index (Phi) is 8.68. The molecule has 5 heteroatoms. The third-order valence-electron chi connectivity index (χ3n) is 3.92. The van der Waals surface area contributed by atoms with Crippen LogP contribution in [0.25, 0.3) is 21.9 Å². The van der Waals surface area contributed by atoms with Crippen LogP contribution in [0.4, 0.5) is 0 Å². The summed E-state index contributed by atoms with van der Waals surface area (Å²) in [7, 11) is 0. The molecule has 3 aromatic carbocycles. The number of amides is 1. The van der Waals surface area contributed by atoms with Gasteiger partial charge >= 0.3 is 0 Å². The number of aliphatic hydroxyl groups is 1. The molecule has 27 heavy (non-hydrogen) atoms. The molecule has 4 nitrogen and oxygen atoms in total. The first kappa shape index (κ1) is 20.8. The standard InChI is InChI=1S/C19H18OS.C3H7NO2/c1-2-21-13-14-3-5-15(6-4-14)16-7-8-18-12-19(20)10-9-17(18)11-16;5-2-1-4-3-6/h3-12,20H,2,13H2,1H3;3,5H,1-2H2,(H,4,6). The first-order valence-corrected chi connectivity index (χ1v) is 10.0. The van der Waals surface area contributed by atoms with Crippen molar-refractivity contribution in [2.75, 3.05) is 18.9 Å². The van der Waals surface area contributed by atoms with Crippen molar-refractivity contribution in [2.45, 2.75) is 12.7 Å². The Hall–Kier alpha value is -2.50. The van der Waals surface area contributed by atoms with Crippen LogP contribution >= 0.6 is 11.8 Å². The van der Waals surface area contributed by atoms with Gasteiger partial charge in [0.15, 0.2) is 0 Å². The molecule has 0 atom stereocenters.